The minimum absolute atomic E-state index is 0.0843. The molecule has 1 amide bonds. The number of amides is 1. The molecule has 1 aliphatic heterocycles. The van der Waals surface area contributed by atoms with Gasteiger partial charge in [0.15, 0.2) is 0 Å². The maximum absolute atomic E-state index is 13.0. The van der Waals surface area contributed by atoms with Crippen LogP contribution in [0.15, 0.2) is 48.8 Å². The molecule has 1 atom stereocenters. The van der Waals surface area contributed by atoms with Crippen LogP contribution in [0.25, 0.3) is 11.0 Å². The number of nitrogens with zero attached hydrogens (tertiary/aromatic N) is 2. The molecule has 1 aromatic heterocycles. The average molecular weight is 340 g/mol. The largest absolute Gasteiger partial charge is 0.345 e. The normalized spacial score (nSPS) is 17.5. The first-order chi connectivity index (χ1) is 11.7. The van der Waals surface area contributed by atoms with Crippen LogP contribution >= 0.6 is 11.6 Å². The van der Waals surface area contributed by atoms with Crippen LogP contribution in [0.1, 0.15) is 28.8 Å². The maximum atomic E-state index is 13.0. The summed E-state index contributed by atoms with van der Waals surface area (Å²) in [5, 5.41) is 0.774. The van der Waals surface area contributed by atoms with E-state index in [4.69, 9.17) is 11.6 Å². The van der Waals surface area contributed by atoms with Crippen molar-refractivity contribution in [2.24, 2.45) is 0 Å². The predicted octanol–water partition coefficient (Wildman–Crippen LogP) is 4.06. The van der Waals surface area contributed by atoms with Gasteiger partial charge in [-0.05, 0) is 49.1 Å². The van der Waals surface area contributed by atoms with E-state index in [1.807, 2.05) is 47.4 Å². The molecular weight excluding hydrogens is 322 g/mol. The van der Waals surface area contributed by atoms with Gasteiger partial charge < -0.3 is 9.88 Å². The molecule has 1 saturated heterocycles. The molecule has 4 nitrogen and oxygen atoms in total. The van der Waals surface area contributed by atoms with Gasteiger partial charge in [0, 0.05) is 23.2 Å². The summed E-state index contributed by atoms with van der Waals surface area (Å²) in [6.07, 6.45) is 4.50. The summed E-state index contributed by atoms with van der Waals surface area (Å²) in [6.45, 7) is 0.801. The monoisotopic (exact) mass is 339 g/mol. The number of benzene rings is 2. The van der Waals surface area contributed by atoms with E-state index in [2.05, 4.69) is 9.97 Å². The molecule has 1 fully saturated rings. The molecule has 2 heterocycles. The molecule has 0 saturated carbocycles. The van der Waals surface area contributed by atoms with E-state index in [1.165, 1.54) is 0 Å². The van der Waals surface area contributed by atoms with Crippen LogP contribution in [0.4, 0.5) is 0 Å². The van der Waals surface area contributed by atoms with Crippen molar-refractivity contribution in [2.75, 3.05) is 6.54 Å². The average Bonchev–Trinajstić information content (AvgIpc) is 3.24. The molecule has 24 heavy (non-hydrogen) atoms. The summed E-state index contributed by atoms with van der Waals surface area (Å²) in [5.41, 5.74) is 3.58. The van der Waals surface area contributed by atoms with Crippen LogP contribution in [-0.4, -0.2) is 33.4 Å². The van der Waals surface area contributed by atoms with Gasteiger partial charge in [0.25, 0.3) is 5.91 Å². The summed E-state index contributed by atoms with van der Waals surface area (Å²) in [6, 6.07) is 13.7. The Kier molecular flexibility index (Phi) is 3.98. The van der Waals surface area contributed by atoms with E-state index in [-0.39, 0.29) is 11.9 Å². The summed E-state index contributed by atoms with van der Waals surface area (Å²) >= 11 is 6.29. The second kappa shape index (κ2) is 6.29. The van der Waals surface area contributed by atoms with Crippen LogP contribution in [0.2, 0.25) is 5.02 Å². The van der Waals surface area contributed by atoms with Crippen LogP contribution in [-0.2, 0) is 6.42 Å². The van der Waals surface area contributed by atoms with Crippen molar-refractivity contribution < 1.29 is 4.79 Å². The van der Waals surface area contributed by atoms with Gasteiger partial charge in [-0.1, -0.05) is 29.8 Å². The number of hydrogen-bond acceptors (Lipinski definition) is 2. The highest BCUT2D eigenvalue weighted by Crippen LogP contribution is 2.26. The van der Waals surface area contributed by atoms with Crippen molar-refractivity contribution in [3.63, 3.8) is 0 Å². The number of likely N-dealkylation sites (tertiary alicyclic amines) is 1. The van der Waals surface area contributed by atoms with Crippen molar-refractivity contribution in [1.82, 2.24) is 14.9 Å². The molecule has 3 aromatic rings. The van der Waals surface area contributed by atoms with Crippen LogP contribution < -0.4 is 0 Å². The number of hydrogen-bond donors (Lipinski definition) is 1. The number of aromatic amines is 1. The fourth-order valence-electron chi connectivity index (χ4n) is 3.47. The Morgan fingerprint density at radius 3 is 3.04 bits per heavy atom. The van der Waals surface area contributed by atoms with E-state index >= 15 is 0 Å². The minimum Gasteiger partial charge on any atom is -0.345 e. The Balaban J connectivity index is 1.57. The van der Waals surface area contributed by atoms with Crippen molar-refractivity contribution in [1.29, 1.82) is 0 Å². The van der Waals surface area contributed by atoms with E-state index in [0.717, 1.165) is 47.4 Å². The zero-order valence-electron chi connectivity index (χ0n) is 13.2. The molecule has 122 valence electrons. The molecule has 0 bridgehead atoms. The number of fused-ring (bicyclic) bond motifs is 1. The van der Waals surface area contributed by atoms with E-state index in [9.17, 15) is 4.79 Å². The Bertz CT molecular complexity index is 889. The number of halogens is 1. The maximum Gasteiger partial charge on any atom is 0.254 e. The molecule has 0 radical (unpaired) electrons. The van der Waals surface area contributed by atoms with E-state index < -0.39 is 0 Å². The number of nitrogens with one attached hydrogen (secondary N) is 1. The molecule has 0 spiro atoms. The lowest BCUT2D eigenvalue weighted by atomic mass is 10.0. The third kappa shape index (κ3) is 2.78. The number of imidazole rings is 1. The van der Waals surface area contributed by atoms with Crippen LogP contribution in [0, 0.1) is 0 Å². The third-order valence-electron chi connectivity index (χ3n) is 4.72. The molecule has 1 aliphatic rings. The van der Waals surface area contributed by atoms with Gasteiger partial charge >= 0.3 is 0 Å². The third-order valence-corrected chi connectivity index (χ3v) is 5.09. The quantitative estimate of drug-likeness (QED) is 0.782. The smallest absolute Gasteiger partial charge is 0.254 e. The molecule has 2 aromatic carbocycles. The van der Waals surface area contributed by atoms with Crippen LogP contribution in [0.5, 0.6) is 0 Å². The Morgan fingerprint density at radius 1 is 1.29 bits per heavy atom. The summed E-state index contributed by atoms with van der Waals surface area (Å²) < 4.78 is 0. The van der Waals surface area contributed by atoms with Crippen molar-refractivity contribution in [2.45, 2.75) is 25.3 Å². The van der Waals surface area contributed by atoms with Gasteiger partial charge in [0.2, 0.25) is 0 Å². The first-order valence-electron chi connectivity index (χ1n) is 8.20. The highest BCUT2D eigenvalue weighted by Gasteiger charge is 2.30. The second-order valence-electron chi connectivity index (χ2n) is 6.22. The van der Waals surface area contributed by atoms with E-state index in [1.54, 1.807) is 6.33 Å². The highest BCUT2D eigenvalue weighted by molar-refractivity contribution is 6.31. The second-order valence-corrected chi connectivity index (χ2v) is 6.63. The molecule has 5 heteroatoms. The standard InChI is InChI=1S/C19H18ClN3O/c20-16-6-2-1-4-13(16)10-15-5-3-9-23(15)19(24)14-7-8-17-18(11-14)22-12-21-17/h1-2,4,6-8,11-12,15H,3,5,9-10H2,(H,21,22). The number of rotatable bonds is 3. The molecule has 0 aliphatic carbocycles. The Labute approximate surface area is 145 Å². The first kappa shape index (κ1) is 15.2. The SMILES string of the molecule is O=C(c1ccc2nc[nH]c2c1)N1CCCC1Cc1ccccc1Cl. The van der Waals surface area contributed by atoms with E-state index in [0.29, 0.717) is 5.56 Å². The number of carbonyl (C=O) groups excluding carboxylic acids is 1. The van der Waals surface area contributed by atoms with Crippen LogP contribution in [0.3, 0.4) is 0 Å². The van der Waals surface area contributed by atoms with Gasteiger partial charge in [-0.15, -0.1) is 0 Å². The zero-order valence-corrected chi connectivity index (χ0v) is 14.0. The number of aromatic nitrogens is 2. The van der Waals surface area contributed by atoms with Gasteiger partial charge in [-0.3, -0.25) is 4.79 Å². The van der Waals surface area contributed by atoms with Crippen molar-refractivity contribution >= 4 is 28.5 Å². The van der Waals surface area contributed by atoms with Gasteiger partial charge in [0.05, 0.1) is 17.4 Å². The molecule has 1 unspecified atom stereocenters. The van der Waals surface area contributed by atoms with Gasteiger partial charge in [-0.25, -0.2) is 4.98 Å². The highest BCUT2D eigenvalue weighted by atomic mass is 35.5. The fraction of sp³-hybridized carbons (Fsp3) is 0.263. The first-order valence-corrected chi connectivity index (χ1v) is 8.58. The van der Waals surface area contributed by atoms with Crippen molar-refractivity contribution in [3.8, 4) is 0 Å². The lowest BCUT2D eigenvalue weighted by Gasteiger charge is -2.25. The van der Waals surface area contributed by atoms with Crippen molar-refractivity contribution in [3.05, 3.63) is 64.9 Å². The summed E-state index contributed by atoms with van der Waals surface area (Å²) in [5.74, 6) is 0.0843. The van der Waals surface area contributed by atoms with Gasteiger partial charge in [0.1, 0.15) is 0 Å². The lowest BCUT2D eigenvalue weighted by molar-refractivity contribution is 0.0736. The molecular formula is C19H18ClN3O. The minimum atomic E-state index is 0.0843. The number of carbonyl (C=O) groups is 1. The Hall–Kier alpha value is -2.33. The zero-order chi connectivity index (χ0) is 16.5. The topological polar surface area (TPSA) is 49.0 Å². The summed E-state index contributed by atoms with van der Waals surface area (Å²) in [7, 11) is 0. The Morgan fingerprint density at radius 2 is 2.17 bits per heavy atom. The number of H-pyrrole nitrogens is 1. The van der Waals surface area contributed by atoms with Gasteiger partial charge in [-0.2, -0.15) is 0 Å². The lowest BCUT2D eigenvalue weighted by Crippen LogP contribution is -2.36. The predicted molar refractivity (Wildman–Crippen MR) is 95.3 cm³/mol. The fourth-order valence-corrected chi connectivity index (χ4v) is 3.68. The molecule has 1 N–H and O–H groups in total. The molecule has 4 rings (SSSR count). The summed E-state index contributed by atoms with van der Waals surface area (Å²) in [4.78, 5) is 22.2.